The zero-order chi connectivity index (χ0) is 24.5. The molecule has 3 aromatic rings. The molecule has 189 valence electrons. The summed E-state index contributed by atoms with van der Waals surface area (Å²) < 4.78 is 5.53. The summed E-state index contributed by atoms with van der Waals surface area (Å²) in [6.07, 6.45) is 9.63. The lowest BCUT2D eigenvalue weighted by Crippen LogP contribution is -2.47. The van der Waals surface area contributed by atoms with Crippen molar-refractivity contribution in [2.75, 3.05) is 23.7 Å². The van der Waals surface area contributed by atoms with E-state index in [0.29, 0.717) is 6.42 Å². The van der Waals surface area contributed by atoms with E-state index in [4.69, 9.17) is 9.40 Å². The van der Waals surface area contributed by atoms with Crippen LogP contribution >= 0.6 is 0 Å². The molecule has 1 amide bonds. The second kappa shape index (κ2) is 9.89. The number of amides is 1. The SMILES string of the molecule is Cc1ccc([CH]NCCCNc2ccc3c(NC(=O)CC45CC6CC(CC(C6)C4)C5)cccc3n2)o1. The number of furan rings is 1. The third-order valence-corrected chi connectivity index (χ3v) is 8.52. The molecule has 4 aliphatic carbocycles. The molecule has 0 spiro atoms. The Kier molecular flexibility index (Phi) is 6.46. The fraction of sp³-hybridized carbons (Fsp3) is 0.500. The second-order valence-corrected chi connectivity index (χ2v) is 11.5. The minimum absolute atomic E-state index is 0.167. The van der Waals surface area contributed by atoms with Gasteiger partial charge in [0.1, 0.15) is 17.3 Å². The Hall–Kier alpha value is -2.86. The van der Waals surface area contributed by atoms with Crippen molar-refractivity contribution in [1.29, 1.82) is 0 Å². The number of nitrogens with zero attached hydrogens (tertiary/aromatic N) is 1. The fourth-order valence-electron chi connectivity index (χ4n) is 7.51. The highest BCUT2D eigenvalue weighted by Crippen LogP contribution is 2.61. The Morgan fingerprint density at radius 3 is 2.53 bits per heavy atom. The van der Waals surface area contributed by atoms with Gasteiger partial charge in [-0.1, -0.05) is 6.07 Å². The highest BCUT2D eigenvalue weighted by Gasteiger charge is 2.51. The van der Waals surface area contributed by atoms with Crippen LogP contribution in [0.1, 0.15) is 62.9 Å². The number of carbonyl (C=O) groups is 1. The summed E-state index contributed by atoms with van der Waals surface area (Å²) in [7, 11) is 0. The molecule has 6 heteroatoms. The van der Waals surface area contributed by atoms with Gasteiger partial charge in [0.05, 0.1) is 17.7 Å². The maximum atomic E-state index is 13.2. The molecule has 0 atom stereocenters. The van der Waals surface area contributed by atoms with Crippen molar-refractivity contribution >= 4 is 28.3 Å². The number of benzene rings is 1. The zero-order valence-electron chi connectivity index (χ0n) is 21.2. The van der Waals surface area contributed by atoms with Gasteiger partial charge >= 0.3 is 0 Å². The molecule has 2 heterocycles. The molecule has 0 saturated heterocycles. The maximum Gasteiger partial charge on any atom is 0.224 e. The lowest BCUT2D eigenvalue weighted by Gasteiger charge is -2.56. The Morgan fingerprint density at radius 2 is 1.81 bits per heavy atom. The highest BCUT2D eigenvalue weighted by molar-refractivity contribution is 6.01. The van der Waals surface area contributed by atoms with Crippen LogP contribution < -0.4 is 16.0 Å². The third-order valence-electron chi connectivity index (χ3n) is 8.52. The standard InChI is InChI=1S/C30H37N4O2/c1-20-6-7-24(36-20)19-31-10-3-11-32-28-9-8-25-26(33-28)4-2-5-27(25)34-29(35)18-30-15-21-12-22(16-30)14-23(13-21)17-30/h2,4-9,19,21-23,31H,3,10-18H2,1H3,(H,32,33)(H,34,35). The molecule has 1 aromatic carbocycles. The zero-order valence-corrected chi connectivity index (χ0v) is 21.2. The highest BCUT2D eigenvalue weighted by atomic mass is 16.3. The van der Waals surface area contributed by atoms with Crippen molar-refractivity contribution in [3.05, 3.63) is 60.5 Å². The van der Waals surface area contributed by atoms with Gasteiger partial charge in [-0.15, -0.1) is 0 Å². The van der Waals surface area contributed by atoms with E-state index in [2.05, 4.69) is 22.0 Å². The number of carbonyl (C=O) groups excluding carboxylic acids is 1. The second-order valence-electron chi connectivity index (χ2n) is 11.5. The quantitative estimate of drug-likeness (QED) is 0.294. The lowest BCUT2D eigenvalue weighted by molar-refractivity contribution is -0.124. The number of pyridine rings is 1. The number of rotatable bonds is 10. The number of aryl methyl sites for hydroxylation is 1. The third kappa shape index (κ3) is 5.15. The van der Waals surface area contributed by atoms with Crippen LogP contribution in [0.5, 0.6) is 0 Å². The molecular formula is C30H37N4O2. The Bertz CT molecular complexity index is 1200. The number of fused-ring (bicyclic) bond motifs is 1. The number of anilines is 2. The first-order valence-corrected chi connectivity index (χ1v) is 13.6. The van der Waals surface area contributed by atoms with Crippen LogP contribution in [-0.4, -0.2) is 24.0 Å². The van der Waals surface area contributed by atoms with Gasteiger partial charge in [-0.3, -0.25) is 4.79 Å². The van der Waals surface area contributed by atoms with Crippen molar-refractivity contribution in [2.45, 2.75) is 58.3 Å². The molecule has 0 unspecified atom stereocenters. The van der Waals surface area contributed by atoms with Crippen LogP contribution in [0, 0.1) is 36.6 Å². The Balaban J connectivity index is 1.02. The van der Waals surface area contributed by atoms with Gasteiger partial charge < -0.3 is 20.4 Å². The minimum atomic E-state index is 0.167. The number of hydrogen-bond acceptors (Lipinski definition) is 5. The predicted octanol–water partition coefficient (Wildman–Crippen LogP) is 6.28. The van der Waals surface area contributed by atoms with Gasteiger partial charge in [0.15, 0.2) is 0 Å². The normalized spacial score (nSPS) is 26.4. The van der Waals surface area contributed by atoms with Crippen molar-refractivity contribution < 1.29 is 9.21 Å². The Labute approximate surface area is 213 Å². The van der Waals surface area contributed by atoms with Crippen molar-refractivity contribution in [2.24, 2.45) is 23.2 Å². The monoisotopic (exact) mass is 485 g/mol. The lowest BCUT2D eigenvalue weighted by atomic mass is 9.49. The molecule has 7 rings (SSSR count). The largest absolute Gasteiger partial charge is 0.465 e. The Morgan fingerprint density at radius 1 is 1.03 bits per heavy atom. The van der Waals surface area contributed by atoms with E-state index in [1.807, 2.05) is 49.9 Å². The van der Waals surface area contributed by atoms with Gasteiger partial charge in [-0.2, -0.15) is 0 Å². The molecule has 0 aliphatic heterocycles. The number of hydrogen-bond donors (Lipinski definition) is 3. The summed E-state index contributed by atoms with van der Waals surface area (Å²) in [5.41, 5.74) is 2.02. The number of aromatic nitrogens is 1. The van der Waals surface area contributed by atoms with E-state index in [-0.39, 0.29) is 11.3 Å². The van der Waals surface area contributed by atoms with Crippen LogP contribution in [0.25, 0.3) is 10.9 Å². The summed E-state index contributed by atoms with van der Waals surface area (Å²) in [5, 5.41) is 10.9. The summed E-state index contributed by atoms with van der Waals surface area (Å²) >= 11 is 0. The number of nitrogens with one attached hydrogen (secondary N) is 3. The van der Waals surface area contributed by atoms with Gasteiger partial charge in [0.2, 0.25) is 5.91 Å². The summed E-state index contributed by atoms with van der Waals surface area (Å²) in [6, 6.07) is 14.0. The molecular weight excluding hydrogens is 448 g/mol. The maximum absolute atomic E-state index is 13.2. The van der Waals surface area contributed by atoms with Crippen LogP contribution in [0.2, 0.25) is 0 Å². The first kappa shape index (κ1) is 23.5. The molecule has 4 bridgehead atoms. The summed E-state index contributed by atoms with van der Waals surface area (Å²) in [5.74, 6) is 5.38. The van der Waals surface area contributed by atoms with E-state index in [9.17, 15) is 4.79 Å². The molecule has 4 aliphatic rings. The van der Waals surface area contributed by atoms with Crippen molar-refractivity contribution in [3.8, 4) is 0 Å². The van der Waals surface area contributed by atoms with Crippen molar-refractivity contribution in [1.82, 2.24) is 10.3 Å². The smallest absolute Gasteiger partial charge is 0.224 e. The fourth-order valence-corrected chi connectivity index (χ4v) is 7.51. The molecule has 4 fully saturated rings. The topological polar surface area (TPSA) is 79.2 Å². The van der Waals surface area contributed by atoms with Crippen LogP contribution in [0.15, 0.2) is 46.9 Å². The van der Waals surface area contributed by atoms with Gasteiger partial charge in [0.25, 0.3) is 0 Å². The molecule has 36 heavy (non-hydrogen) atoms. The summed E-state index contributed by atoms with van der Waals surface area (Å²) in [4.78, 5) is 18.0. The molecule has 6 nitrogen and oxygen atoms in total. The first-order chi connectivity index (χ1) is 17.5. The molecule has 4 saturated carbocycles. The first-order valence-electron chi connectivity index (χ1n) is 13.6. The molecule has 2 aromatic heterocycles. The average Bonchev–Trinajstić information content (AvgIpc) is 3.25. The van der Waals surface area contributed by atoms with Crippen LogP contribution in [-0.2, 0) is 4.79 Å². The minimum Gasteiger partial charge on any atom is -0.465 e. The van der Waals surface area contributed by atoms with Crippen LogP contribution in [0.3, 0.4) is 0 Å². The van der Waals surface area contributed by atoms with E-state index in [1.165, 1.54) is 38.5 Å². The van der Waals surface area contributed by atoms with Gasteiger partial charge in [-0.25, -0.2) is 4.98 Å². The van der Waals surface area contributed by atoms with Crippen molar-refractivity contribution in [3.63, 3.8) is 0 Å². The van der Waals surface area contributed by atoms with Gasteiger partial charge in [0, 0.05) is 18.4 Å². The van der Waals surface area contributed by atoms with E-state index < -0.39 is 0 Å². The van der Waals surface area contributed by atoms with Crippen LogP contribution in [0.4, 0.5) is 11.5 Å². The van der Waals surface area contributed by atoms with E-state index in [1.54, 1.807) is 0 Å². The van der Waals surface area contributed by atoms with E-state index in [0.717, 1.165) is 71.2 Å². The molecule has 3 N–H and O–H groups in total. The summed E-state index contributed by atoms with van der Waals surface area (Å²) in [6.45, 7) is 5.51. The average molecular weight is 486 g/mol. The van der Waals surface area contributed by atoms with E-state index >= 15 is 0 Å². The van der Waals surface area contributed by atoms with Gasteiger partial charge in [-0.05, 0) is 118 Å². The molecule has 1 radical (unpaired) electrons. The predicted molar refractivity (Wildman–Crippen MR) is 144 cm³/mol.